The summed E-state index contributed by atoms with van der Waals surface area (Å²) in [5.41, 5.74) is 8.64. The van der Waals surface area contributed by atoms with Crippen molar-refractivity contribution in [2.75, 3.05) is 0 Å². The van der Waals surface area contributed by atoms with Crippen LogP contribution in [0.5, 0.6) is 0 Å². The predicted molar refractivity (Wildman–Crippen MR) is 78.2 cm³/mol. The van der Waals surface area contributed by atoms with Gasteiger partial charge in [0.15, 0.2) is 5.82 Å². The zero-order valence-electron chi connectivity index (χ0n) is 11.2. The number of rotatable bonds is 2. The number of carbonyl (C=O) groups excluding carboxylic acids is 1. The van der Waals surface area contributed by atoms with Crippen LogP contribution >= 0.6 is 11.6 Å². The summed E-state index contributed by atoms with van der Waals surface area (Å²) >= 11 is 6.42. The number of halogens is 1. The number of nitrogens with one attached hydrogen (secondary N) is 1. The quantitative estimate of drug-likeness (QED) is 0.330. The standard InChI is InChI=1S/C14H13ClN4O2/c1-14(15)6-2-3-10(16)4-5-11(14)12-17-7-9(8-18-12)13(20)19-21/h3,5,7-8,21H,4,16H2,1H3,(H,19,20)/b10-3+,11-5-. The van der Waals surface area contributed by atoms with Gasteiger partial charge in [-0.05, 0) is 6.92 Å². The Labute approximate surface area is 126 Å². The predicted octanol–water partition coefficient (Wildman–Crippen LogP) is 1.23. The molecule has 4 N–H and O–H groups in total. The van der Waals surface area contributed by atoms with Gasteiger partial charge in [-0.1, -0.05) is 29.5 Å². The third kappa shape index (κ3) is 3.40. The summed E-state index contributed by atoms with van der Waals surface area (Å²) in [6.45, 7) is 1.74. The van der Waals surface area contributed by atoms with Crippen LogP contribution < -0.4 is 11.2 Å². The number of hydroxylamine groups is 1. The summed E-state index contributed by atoms with van der Waals surface area (Å²) in [6, 6.07) is 0. The first-order valence-electron chi connectivity index (χ1n) is 6.07. The second kappa shape index (κ2) is 5.95. The first-order chi connectivity index (χ1) is 9.94. The van der Waals surface area contributed by atoms with Gasteiger partial charge in [-0.15, -0.1) is 0 Å². The molecule has 7 heteroatoms. The number of aromatic nitrogens is 2. The normalized spacial score (nSPS) is 26.0. The van der Waals surface area contributed by atoms with Crippen LogP contribution in [0.25, 0.3) is 5.57 Å². The van der Waals surface area contributed by atoms with E-state index < -0.39 is 10.8 Å². The van der Waals surface area contributed by atoms with Gasteiger partial charge in [-0.3, -0.25) is 10.0 Å². The minimum atomic E-state index is -0.960. The van der Waals surface area contributed by atoms with E-state index in [1.807, 2.05) is 6.08 Å². The number of alkyl halides is 1. The maximum absolute atomic E-state index is 11.2. The van der Waals surface area contributed by atoms with Crippen LogP contribution in [0.2, 0.25) is 0 Å². The molecule has 108 valence electrons. The van der Waals surface area contributed by atoms with Crippen molar-refractivity contribution in [2.24, 2.45) is 5.73 Å². The zero-order valence-corrected chi connectivity index (χ0v) is 12.0. The number of nitrogens with two attached hydrogens (primary N) is 1. The molecule has 1 aliphatic carbocycles. The molecule has 0 saturated carbocycles. The second-order valence-electron chi connectivity index (χ2n) is 4.55. The molecule has 0 bridgehead atoms. The van der Waals surface area contributed by atoms with Crippen molar-refractivity contribution in [3.63, 3.8) is 0 Å². The molecule has 21 heavy (non-hydrogen) atoms. The molecule has 0 aliphatic heterocycles. The lowest BCUT2D eigenvalue weighted by Gasteiger charge is -2.19. The number of allylic oxidation sites excluding steroid dienone is 3. The molecule has 1 amide bonds. The molecule has 0 aromatic carbocycles. The molecule has 1 aliphatic rings. The molecular weight excluding hydrogens is 292 g/mol. The van der Waals surface area contributed by atoms with E-state index in [0.29, 0.717) is 23.5 Å². The Morgan fingerprint density at radius 2 is 2.19 bits per heavy atom. The van der Waals surface area contributed by atoms with Crippen molar-refractivity contribution in [1.29, 1.82) is 0 Å². The van der Waals surface area contributed by atoms with Crippen molar-refractivity contribution in [2.45, 2.75) is 18.2 Å². The van der Waals surface area contributed by atoms with Gasteiger partial charge in [0.1, 0.15) is 4.87 Å². The summed E-state index contributed by atoms with van der Waals surface area (Å²) in [4.78, 5) is 18.5. The molecule has 0 spiro atoms. The van der Waals surface area contributed by atoms with Gasteiger partial charge in [0.25, 0.3) is 5.91 Å². The third-order valence-corrected chi connectivity index (χ3v) is 3.17. The molecule has 1 aromatic rings. The monoisotopic (exact) mass is 304 g/mol. The molecule has 2 rings (SSSR count). The number of nitrogens with zero attached hydrogens (tertiary/aromatic N) is 2. The first kappa shape index (κ1) is 15.0. The molecule has 1 heterocycles. The molecule has 6 nitrogen and oxygen atoms in total. The molecule has 1 aromatic heterocycles. The van der Waals surface area contributed by atoms with Gasteiger partial charge < -0.3 is 5.73 Å². The largest absolute Gasteiger partial charge is 0.401 e. The van der Waals surface area contributed by atoms with Crippen LogP contribution in [0, 0.1) is 11.8 Å². The van der Waals surface area contributed by atoms with Crippen LogP contribution in [0.4, 0.5) is 0 Å². The summed E-state index contributed by atoms with van der Waals surface area (Å²) in [5.74, 6) is 5.35. The summed E-state index contributed by atoms with van der Waals surface area (Å²) in [6.07, 6.45) is 6.51. The van der Waals surface area contributed by atoms with Crippen molar-refractivity contribution in [1.82, 2.24) is 15.4 Å². The summed E-state index contributed by atoms with van der Waals surface area (Å²) in [5, 5.41) is 8.56. The van der Waals surface area contributed by atoms with Gasteiger partial charge in [-0.25, -0.2) is 15.4 Å². The van der Waals surface area contributed by atoms with Gasteiger partial charge in [0, 0.05) is 36.2 Å². The van der Waals surface area contributed by atoms with Crippen LogP contribution in [0.15, 0.2) is 30.2 Å². The SMILES string of the molecule is CC1(Cl)C#C/C=C(/N)C/C=C\1c1ncc(C(=O)NO)cn1. The molecule has 0 saturated heterocycles. The van der Waals surface area contributed by atoms with E-state index in [0.717, 1.165) is 0 Å². The topological polar surface area (TPSA) is 101 Å². The third-order valence-electron chi connectivity index (χ3n) is 2.87. The van der Waals surface area contributed by atoms with Gasteiger partial charge in [-0.2, -0.15) is 0 Å². The minimum Gasteiger partial charge on any atom is -0.401 e. The number of hydrogen-bond acceptors (Lipinski definition) is 5. The van der Waals surface area contributed by atoms with Gasteiger partial charge in [0.2, 0.25) is 0 Å². The average molecular weight is 305 g/mol. The van der Waals surface area contributed by atoms with Crippen LogP contribution in [0.3, 0.4) is 0 Å². The van der Waals surface area contributed by atoms with E-state index in [9.17, 15) is 4.79 Å². The highest BCUT2D eigenvalue weighted by Crippen LogP contribution is 2.32. The fraction of sp³-hybridized carbons (Fsp3) is 0.214. The Morgan fingerprint density at radius 3 is 2.81 bits per heavy atom. The van der Waals surface area contributed by atoms with E-state index in [2.05, 4.69) is 21.8 Å². The fourth-order valence-corrected chi connectivity index (χ4v) is 1.97. The molecule has 1 unspecified atom stereocenters. The lowest BCUT2D eigenvalue weighted by atomic mass is 9.96. The highest BCUT2D eigenvalue weighted by atomic mass is 35.5. The van der Waals surface area contributed by atoms with E-state index in [4.69, 9.17) is 22.5 Å². The van der Waals surface area contributed by atoms with E-state index in [-0.39, 0.29) is 5.56 Å². The Kier molecular flexibility index (Phi) is 4.26. The lowest BCUT2D eigenvalue weighted by molar-refractivity contribution is 0.0705. The second-order valence-corrected chi connectivity index (χ2v) is 5.31. The summed E-state index contributed by atoms with van der Waals surface area (Å²) < 4.78 is 0. The Balaban J connectivity index is 2.40. The smallest absolute Gasteiger partial charge is 0.277 e. The van der Waals surface area contributed by atoms with Crippen molar-refractivity contribution >= 4 is 23.1 Å². The average Bonchev–Trinajstić information content (AvgIpc) is 2.45. The summed E-state index contributed by atoms with van der Waals surface area (Å²) in [7, 11) is 0. The van der Waals surface area contributed by atoms with Gasteiger partial charge >= 0.3 is 0 Å². The first-order valence-corrected chi connectivity index (χ1v) is 6.45. The van der Waals surface area contributed by atoms with E-state index in [1.165, 1.54) is 17.9 Å². The molecule has 0 radical (unpaired) electrons. The van der Waals surface area contributed by atoms with Crippen molar-refractivity contribution in [3.05, 3.63) is 41.6 Å². The lowest BCUT2D eigenvalue weighted by Crippen LogP contribution is -2.21. The van der Waals surface area contributed by atoms with Crippen molar-refractivity contribution in [3.8, 4) is 11.8 Å². The molecular formula is C14H13ClN4O2. The maximum atomic E-state index is 11.2. The van der Waals surface area contributed by atoms with Crippen LogP contribution in [0.1, 0.15) is 29.5 Å². The maximum Gasteiger partial charge on any atom is 0.277 e. The zero-order chi connectivity index (χ0) is 15.5. The Morgan fingerprint density at radius 1 is 1.52 bits per heavy atom. The molecule has 1 atom stereocenters. The van der Waals surface area contributed by atoms with Gasteiger partial charge in [0.05, 0.1) is 5.56 Å². The molecule has 0 fully saturated rings. The Hall–Kier alpha value is -2.36. The van der Waals surface area contributed by atoms with E-state index in [1.54, 1.807) is 13.0 Å². The van der Waals surface area contributed by atoms with Crippen molar-refractivity contribution < 1.29 is 10.0 Å². The number of amides is 1. The van der Waals surface area contributed by atoms with Crippen LogP contribution in [-0.2, 0) is 0 Å². The minimum absolute atomic E-state index is 0.134. The Bertz CT molecular complexity index is 681. The highest BCUT2D eigenvalue weighted by Gasteiger charge is 2.27. The fourth-order valence-electron chi connectivity index (χ4n) is 1.75. The number of hydrogen-bond donors (Lipinski definition) is 3. The number of carbonyl (C=O) groups is 1. The van der Waals surface area contributed by atoms with Crippen LogP contribution in [-0.4, -0.2) is 26.0 Å². The van der Waals surface area contributed by atoms with E-state index >= 15 is 0 Å². The highest BCUT2D eigenvalue weighted by molar-refractivity contribution is 6.32.